The maximum Gasteiger partial charge on any atom is 0.222 e. The summed E-state index contributed by atoms with van der Waals surface area (Å²) in [6.07, 6.45) is 7.71. The van der Waals surface area contributed by atoms with Crippen LogP contribution >= 0.6 is 11.3 Å². The Kier molecular flexibility index (Phi) is 7.12. The van der Waals surface area contributed by atoms with Crippen molar-refractivity contribution in [2.24, 2.45) is 11.3 Å². The summed E-state index contributed by atoms with van der Waals surface area (Å²) < 4.78 is 7.36. The molecule has 0 saturated carbocycles. The molecule has 212 valence electrons. The van der Waals surface area contributed by atoms with E-state index in [-0.39, 0.29) is 5.91 Å². The highest BCUT2D eigenvalue weighted by atomic mass is 32.1. The molecule has 1 unspecified atom stereocenters. The van der Waals surface area contributed by atoms with Crippen LogP contribution in [0.15, 0.2) is 43.2 Å². The molecule has 1 atom stereocenters. The highest BCUT2D eigenvalue weighted by Gasteiger charge is 2.49. The van der Waals surface area contributed by atoms with Crippen LogP contribution in [-0.4, -0.2) is 65.9 Å². The highest BCUT2D eigenvalue weighted by Crippen LogP contribution is 2.41. The minimum Gasteiger partial charge on any atom is -0.381 e. The molecule has 9 heteroatoms. The van der Waals surface area contributed by atoms with Crippen LogP contribution in [0.4, 0.5) is 11.4 Å². The van der Waals surface area contributed by atoms with Crippen LogP contribution in [0.2, 0.25) is 0 Å². The minimum atomic E-state index is 0.248. The average molecular weight is 561 g/mol. The Hall–Kier alpha value is -3.30. The van der Waals surface area contributed by atoms with Gasteiger partial charge in [0.1, 0.15) is 0 Å². The Balaban J connectivity index is 1.14. The number of allylic oxidation sites excluding steroid dienone is 1. The molecule has 0 aliphatic carbocycles. The van der Waals surface area contributed by atoms with E-state index in [1.165, 1.54) is 15.4 Å². The predicted molar refractivity (Wildman–Crippen MR) is 164 cm³/mol. The molecule has 3 saturated heterocycles. The van der Waals surface area contributed by atoms with Gasteiger partial charge >= 0.3 is 0 Å². The lowest BCUT2D eigenvalue weighted by Crippen LogP contribution is -2.66. The first-order valence-corrected chi connectivity index (χ1v) is 15.2. The minimum absolute atomic E-state index is 0.248. The van der Waals surface area contributed by atoms with Crippen molar-refractivity contribution < 1.29 is 9.53 Å². The number of fused-ring (bicyclic) bond motifs is 1. The molecule has 6 heterocycles. The second kappa shape index (κ2) is 10.6. The maximum absolute atomic E-state index is 12.0. The molecule has 3 aromatic rings. The second-order valence-electron chi connectivity index (χ2n) is 11.7. The van der Waals surface area contributed by atoms with Crippen molar-refractivity contribution in [2.45, 2.75) is 46.6 Å². The van der Waals surface area contributed by atoms with E-state index in [9.17, 15) is 4.79 Å². The summed E-state index contributed by atoms with van der Waals surface area (Å²) in [6.45, 7) is 18.4. The van der Waals surface area contributed by atoms with Crippen LogP contribution in [0, 0.1) is 18.3 Å². The molecule has 1 amide bonds. The summed E-state index contributed by atoms with van der Waals surface area (Å²) in [7, 11) is 0. The summed E-state index contributed by atoms with van der Waals surface area (Å²) >= 11 is 1.78. The van der Waals surface area contributed by atoms with E-state index in [0.717, 1.165) is 74.0 Å². The predicted octanol–water partition coefficient (Wildman–Crippen LogP) is 5.22. The molecular weight excluding hydrogens is 520 g/mol. The third-order valence-electron chi connectivity index (χ3n) is 8.60. The lowest BCUT2D eigenvalue weighted by molar-refractivity contribution is -0.137. The third-order valence-corrected chi connectivity index (χ3v) is 9.68. The van der Waals surface area contributed by atoms with Crippen LogP contribution in [0.3, 0.4) is 0 Å². The molecule has 6 rings (SSSR count). The number of nitrogens with one attached hydrogen (secondary N) is 2. The number of likely N-dealkylation sites (tertiary alicyclic amines) is 1. The maximum atomic E-state index is 12.0. The van der Waals surface area contributed by atoms with E-state index in [1.54, 1.807) is 11.3 Å². The third kappa shape index (κ3) is 4.90. The lowest BCUT2D eigenvalue weighted by atomic mass is 9.78. The highest BCUT2D eigenvalue weighted by molar-refractivity contribution is 7.13. The second-order valence-corrected chi connectivity index (χ2v) is 12.9. The van der Waals surface area contributed by atoms with Crippen molar-refractivity contribution in [3.8, 4) is 0 Å². The number of anilines is 2. The lowest BCUT2D eigenvalue weighted by Gasteiger charge is -2.56. The Morgan fingerprint density at radius 1 is 1.30 bits per heavy atom. The van der Waals surface area contributed by atoms with Gasteiger partial charge in [-0.1, -0.05) is 26.5 Å². The van der Waals surface area contributed by atoms with Crippen molar-refractivity contribution >= 4 is 45.5 Å². The number of aryl methyl sites for hydroxylation is 1. The van der Waals surface area contributed by atoms with E-state index < -0.39 is 0 Å². The van der Waals surface area contributed by atoms with Crippen LogP contribution in [0.5, 0.6) is 0 Å². The standard InChI is InChI=1S/C31H40N6O2S/c1-6-8-26(33-20(3)23-14-35(15-23)30(38)7-2)29-12-27(22(5)40-29)34-21(4)25-13-32-37-10-9-24(11-28(25)37)36-16-31(17-36)18-39-19-31/h8-13,20,23,33-34H,4,6-7,14-19H2,1-3,5H3/b26-8+. The van der Waals surface area contributed by atoms with Crippen LogP contribution in [-0.2, 0) is 9.53 Å². The number of carbonyl (C=O) groups excluding carboxylic acids is 1. The van der Waals surface area contributed by atoms with Gasteiger partial charge in [-0.25, -0.2) is 4.52 Å². The zero-order valence-electron chi connectivity index (χ0n) is 24.0. The number of carbonyl (C=O) groups is 1. The van der Waals surface area contributed by atoms with Gasteiger partial charge in [0, 0.05) is 78.3 Å². The van der Waals surface area contributed by atoms with Gasteiger partial charge in [-0.15, -0.1) is 11.3 Å². The number of pyridine rings is 1. The van der Waals surface area contributed by atoms with E-state index in [2.05, 4.69) is 72.3 Å². The molecule has 0 radical (unpaired) electrons. The molecule has 3 aliphatic heterocycles. The molecule has 0 aromatic carbocycles. The van der Waals surface area contributed by atoms with E-state index >= 15 is 0 Å². The van der Waals surface area contributed by atoms with Gasteiger partial charge < -0.3 is 25.2 Å². The first kappa shape index (κ1) is 26.9. The fourth-order valence-corrected chi connectivity index (χ4v) is 6.92. The Labute approximate surface area is 240 Å². The van der Waals surface area contributed by atoms with Gasteiger partial charge in [0.25, 0.3) is 0 Å². The number of ether oxygens (including phenoxy) is 1. The summed E-state index contributed by atoms with van der Waals surface area (Å²) in [6, 6.07) is 6.87. The van der Waals surface area contributed by atoms with E-state index in [1.807, 2.05) is 28.7 Å². The number of rotatable bonds is 10. The smallest absolute Gasteiger partial charge is 0.222 e. The fourth-order valence-electron chi connectivity index (χ4n) is 5.94. The molecular formula is C31H40N6O2S. The molecule has 3 aliphatic rings. The van der Waals surface area contributed by atoms with Crippen LogP contribution in [0.25, 0.3) is 16.9 Å². The zero-order chi connectivity index (χ0) is 28.0. The molecule has 8 nitrogen and oxygen atoms in total. The number of thiophene rings is 1. The van der Waals surface area contributed by atoms with Crippen LogP contribution < -0.4 is 15.5 Å². The van der Waals surface area contributed by atoms with Crippen molar-refractivity contribution in [1.29, 1.82) is 0 Å². The van der Waals surface area contributed by atoms with E-state index in [0.29, 0.717) is 23.8 Å². The summed E-state index contributed by atoms with van der Waals surface area (Å²) in [5.74, 6) is 0.719. The van der Waals surface area contributed by atoms with Crippen molar-refractivity contribution in [3.63, 3.8) is 0 Å². The van der Waals surface area contributed by atoms with Crippen molar-refractivity contribution in [3.05, 3.63) is 58.6 Å². The first-order chi connectivity index (χ1) is 19.3. The Morgan fingerprint density at radius 2 is 2.08 bits per heavy atom. The zero-order valence-corrected chi connectivity index (χ0v) is 24.8. The SMILES string of the molecule is C=C(Nc1cc(/C(=C\CC)NC(C)C2CN(C(=O)CC)C2)sc1C)c1cnn2ccc(N3CC4(COC4)C3)cc12. The van der Waals surface area contributed by atoms with Gasteiger partial charge in [-0.05, 0) is 38.5 Å². The van der Waals surface area contributed by atoms with E-state index in [4.69, 9.17) is 4.74 Å². The first-order valence-electron chi connectivity index (χ1n) is 14.4. The van der Waals surface area contributed by atoms with Gasteiger partial charge in [0.2, 0.25) is 5.91 Å². The number of hydrogen-bond acceptors (Lipinski definition) is 7. The van der Waals surface area contributed by atoms with Gasteiger partial charge in [0.05, 0.1) is 40.9 Å². The summed E-state index contributed by atoms with van der Waals surface area (Å²) in [5.41, 5.74) is 6.71. The monoisotopic (exact) mass is 560 g/mol. The van der Waals surface area contributed by atoms with Crippen molar-refractivity contribution in [2.75, 3.05) is 49.6 Å². The fraction of sp³-hybridized carbons (Fsp3) is 0.484. The number of hydrogen-bond donors (Lipinski definition) is 2. The van der Waals surface area contributed by atoms with Crippen LogP contribution in [0.1, 0.15) is 48.9 Å². The number of nitrogens with zero attached hydrogens (tertiary/aromatic N) is 4. The Bertz CT molecular complexity index is 1450. The van der Waals surface area contributed by atoms with Gasteiger partial charge in [-0.3, -0.25) is 4.79 Å². The van der Waals surface area contributed by atoms with Crippen molar-refractivity contribution in [1.82, 2.24) is 19.8 Å². The normalized spacial score (nSPS) is 19.2. The Morgan fingerprint density at radius 3 is 2.75 bits per heavy atom. The number of aromatic nitrogens is 2. The quantitative estimate of drug-likeness (QED) is 0.354. The molecule has 2 N–H and O–H groups in total. The summed E-state index contributed by atoms with van der Waals surface area (Å²) in [4.78, 5) is 18.8. The molecule has 0 bridgehead atoms. The molecule has 3 fully saturated rings. The molecule has 3 aromatic heterocycles. The largest absolute Gasteiger partial charge is 0.381 e. The summed E-state index contributed by atoms with van der Waals surface area (Å²) in [5, 5.41) is 11.9. The van der Waals surface area contributed by atoms with Gasteiger partial charge in [0.15, 0.2) is 0 Å². The average Bonchev–Trinajstić information content (AvgIpc) is 3.44. The topological polar surface area (TPSA) is 74.1 Å². The van der Waals surface area contributed by atoms with Gasteiger partial charge in [-0.2, -0.15) is 5.10 Å². The molecule has 1 spiro atoms. The number of amides is 1. The molecule has 40 heavy (non-hydrogen) atoms.